The van der Waals surface area contributed by atoms with Crippen LogP contribution < -0.4 is 5.32 Å². The Hall–Kier alpha value is -2.23. The van der Waals surface area contributed by atoms with Crippen LogP contribution in [-0.4, -0.2) is 34.9 Å². The Bertz CT molecular complexity index is 793. The van der Waals surface area contributed by atoms with Crippen molar-refractivity contribution >= 4 is 21.6 Å². The summed E-state index contributed by atoms with van der Waals surface area (Å²) in [6.07, 6.45) is 0. The molecular weight excluding hydrogens is 324 g/mol. The van der Waals surface area contributed by atoms with Crippen LogP contribution in [0.15, 0.2) is 15.1 Å². The van der Waals surface area contributed by atoms with Crippen molar-refractivity contribution in [3.05, 3.63) is 23.5 Å². The second kappa shape index (κ2) is 6.49. The Balaban J connectivity index is 2.06. The molecule has 126 valence electrons. The molecule has 23 heavy (non-hydrogen) atoms. The summed E-state index contributed by atoms with van der Waals surface area (Å²) in [7, 11) is -3.80. The van der Waals surface area contributed by atoms with E-state index in [1.807, 2.05) is 13.8 Å². The van der Waals surface area contributed by atoms with E-state index in [0.717, 1.165) is 0 Å². The molecule has 2 rings (SSSR count). The van der Waals surface area contributed by atoms with Gasteiger partial charge < -0.3 is 14.4 Å². The van der Waals surface area contributed by atoms with Gasteiger partial charge in [0.15, 0.2) is 21.5 Å². The van der Waals surface area contributed by atoms with Crippen LogP contribution in [0.3, 0.4) is 0 Å². The number of anilines is 1. The minimum atomic E-state index is -3.80. The summed E-state index contributed by atoms with van der Waals surface area (Å²) in [5, 5.41) is 8.38. The van der Waals surface area contributed by atoms with Gasteiger partial charge >= 0.3 is 0 Å². The molecule has 0 saturated heterocycles. The first-order chi connectivity index (χ1) is 10.7. The average Bonchev–Trinajstić information content (AvgIpc) is 3.06. The fourth-order valence-corrected chi connectivity index (χ4v) is 2.77. The minimum Gasteiger partial charge on any atom is -0.360 e. The number of hydrogen-bond donors (Lipinski definition) is 1. The number of hydrogen-bond acceptors (Lipinski definition) is 8. The topological polar surface area (TPSA) is 128 Å². The average molecular weight is 342 g/mol. The molecule has 2 aromatic rings. The van der Waals surface area contributed by atoms with Crippen LogP contribution in [0.1, 0.15) is 44.2 Å². The highest BCUT2D eigenvalue weighted by molar-refractivity contribution is 7.92. The molecule has 10 heteroatoms. The van der Waals surface area contributed by atoms with Crippen molar-refractivity contribution in [1.29, 1.82) is 0 Å². The quantitative estimate of drug-likeness (QED) is 0.835. The van der Waals surface area contributed by atoms with Gasteiger partial charge in [0.1, 0.15) is 16.8 Å². The molecule has 0 fully saturated rings. The molecule has 0 aromatic carbocycles. The third-order valence-corrected chi connectivity index (χ3v) is 5.05. The molecule has 9 nitrogen and oxygen atoms in total. The van der Waals surface area contributed by atoms with E-state index in [2.05, 4.69) is 20.6 Å². The summed E-state index contributed by atoms with van der Waals surface area (Å²) in [5.74, 6) is -0.138. The summed E-state index contributed by atoms with van der Waals surface area (Å²) in [4.78, 5) is 16.0. The van der Waals surface area contributed by atoms with Gasteiger partial charge in [0, 0.05) is 12.0 Å². The highest BCUT2D eigenvalue weighted by atomic mass is 32.2. The second-order valence-electron chi connectivity index (χ2n) is 5.46. The van der Waals surface area contributed by atoms with Gasteiger partial charge in [-0.3, -0.25) is 4.79 Å². The molecular formula is C13H18N4O5S. The highest BCUT2D eigenvalue weighted by Crippen LogP contribution is 2.15. The monoisotopic (exact) mass is 342 g/mol. The predicted octanol–water partition coefficient (Wildman–Crippen LogP) is 1.43. The molecule has 0 aliphatic carbocycles. The summed E-state index contributed by atoms with van der Waals surface area (Å²) < 4.78 is 34.3. The zero-order chi connectivity index (χ0) is 17.2. The van der Waals surface area contributed by atoms with E-state index in [0.29, 0.717) is 11.6 Å². The number of carbonyl (C=O) groups excluding carboxylic acids is 1. The van der Waals surface area contributed by atoms with Crippen LogP contribution in [0.4, 0.5) is 5.82 Å². The molecule has 2 aromatic heterocycles. The van der Waals surface area contributed by atoms with Gasteiger partial charge in [0.25, 0.3) is 0 Å². The van der Waals surface area contributed by atoms with Gasteiger partial charge in [-0.05, 0) is 13.8 Å². The molecule has 1 atom stereocenters. The number of sulfone groups is 1. The van der Waals surface area contributed by atoms with Gasteiger partial charge in [0.2, 0.25) is 11.8 Å². The summed E-state index contributed by atoms with van der Waals surface area (Å²) >= 11 is 0. The van der Waals surface area contributed by atoms with Gasteiger partial charge in [-0.25, -0.2) is 8.42 Å². The lowest BCUT2D eigenvalue weighted by Crippen LogP contribution is -2.33. The Labute approximate surface area is 133 Å². The number of aryl methyl sites for hydroxylation is 1. The normalized spacial score (nSPS) is 13.3. The molecule has 0 aliphatic rings. The van der Waals surface area contributed by atoms with Crippen LogP contribution in [0.25, 0.3) is 0 Å². The van der Waals surface area contributed by atoms with Crippen molar-refractivity contribution in [3.8, 4) is 0 Å². The third kappa shape index (κ3) is 4.15. The van der Waals surface area contributed by atoms with Crippen LogP contribution in [0.5, 0.6) is 0 Å². The molecule has 0 saturated carbocycles. The fraction of sp³-hybridized carbons (Fsp3) is 0.538. The lowest BCUT2D eigenvalue weighted by molar-refractivity contribution is -0.115. The predicted molar refractivity (Wildman–Crippen MR) is 80.3 cm³/mol. The van der Waals surface area contributed by atoms with E-state index in [4.69, 9.17) is 9.05 Å². The van der Waals surface area contributed by atoms with Crippen molar-refractivity contribution in [2.75, 3.05) is 5.32 Å². The standard InChI is InChI=1S/C13H18N4O5S/c1-7(2)12-15-11(22-17-12)6-23(19,20)9(4)13(18)14-10-5-8(3)21-16-10/h5,7,9H,6H2,1-4H3,(H,14,16,18). The van der Waals surface area contributed by atoms with E-state index in [9.17, 15) is 13.2 Å². The van der Waals surface area contributed by atoms with Crippen molar-refractivity contribution in [2.24, 2.45) is 0 Å². The van der Waals surface area contributed by atoms with E-state index in [-0.39, 0.29) is 17.6 Å². The van der Waals surface area contributed by atoms with Crippen molar-refractivity contribution in [3.63, 3.8) is 0 Å². The highest BCUT2D eigenvalue weighted by Gasteiger charge is 2.31. The Kier molecular flexibility index (Phi) is 4.83. The van der Waals surface area contributed by atoms with Gasteiger partial charge in [-0.2, -0.15) is 4.98 Å². The zero-order valence-corrected chi connectivity index (χ0v) is 14.0. The largest absolute Gasteiger partial charge is 0.360 e. The lowest BCUT2D eigenvalue weighted by atomic mass is 10.2. The fourth-order valence-electron chi connectivity index (χ4n) is 1.67. The first-order valence-electron chi connectivity index (χ1n) is 6.97. The van der Waals surface area contributed by atoms with E-state index >= 15 is 0 Å². The molecule has 0 bridgehead atoms. The van der Waals surface area contributed by atoms with Crippen LogP contribution >= 0.6 is 0 Å². The summed E-state index contributed by atoms with van der Waals surface area (Å²) in [6, 6.07) is 1.49. The molecule has 0 aliphatic heterocycles. The Morgan fingerprint density at radius 3 is 2.48 bits per heavy atom. The minimum absolute atomic E-state index is 0.0198. The van der Waals surface area contributed by atoms with Gasteiger partial charge in [-0.15, -0.1) is 0 Å². The van der Waals surface area contributed by atoms with Crippen LogP contribution in [0, 0.1) is 6.92 Å². The summed E-state index contributed by atoms with van der Waals surface area (Å²) in [5.41, 5.74) is 0. The number of amides is 1. The van der Waals surface area contributed by atoms with Crippen molar-refractivity contribution < 1.29 is 22.3 Å². The smallest absolute Gasteiger partial charge is 0.243 e. The second-order valence-corrected chi connectivity index (χ2v) is 7.78. The number of rotatable bonds is 6. The van der Waals surface area contributed by atoms with Crippen molar-refractivity contribution in [1.82, 2.24) is 15.3 Å². The number of aromatic nitrogens is 3. The SMILES string of the molecule is Cc1cc(NC(=O)C(C)S(=O)(=O)Cc2nc(C(C)C)no2)no1. The Morgan fingerprint density at radius 2 is 1.96 bits per heavy atom. The maximum Gasteiger partial charge on any atom is 0.243 e. The first-order valence-corrected chi connectivity index (χ1v) is 8.69. The molecule has 1 N–H and O–H groups in total. The maximum atomic E-state index is 12.3. The molecule has 1 amide bonds. The lowest BCUT2D eigenvalue weighted by Gasteiger charge is -2.10. The van der Waals surface area contributed by atoms with Gasteiger partial charge in [0.05, 0.1) is 0 Å². The van der Waals surface area contributed by atoms with Crippen LogP contribution in [0.2, 0.25) is 0 Å². The number of carbonyl (C=O) groups is 1. The van der Waals surface area contributed by atoms with E-state index in [1.165, 1.54) is 13.0 Å². The Morgan fingerprint density at radius 1 is 1.26 bits per heavy atom. The molecule has 0 radical (unpaired) electrons. The first kappa shape index (κ1) is 17.1. The molecule has 1 unspecified atom stereocenters. The summed E-state index contributed by atoms with van der Waals surface area (Å²) in [6.45, 7) is 6.67. The number of nitrogens with one attached hydrogen (secondary N) is 1. The third-order valence-electron chi connectivity index (χ3n) is 3.11. The van der Waals surface area contributed by atoms with Crippen molar-refractivity contribution in [2.45, 2.75) is 44.6 Å². The molecule has 2 heterocycles. The molecule has 0 spiro atoms. The van der Waals surface area contributed by atoms with E-state index in [1.54, 1.807) is 6.92 Å². The number of nitrogens with zero attached hydrogens (tertiary/aromatic N) is 3. The van der Waals surface area contributed by atoms with Crippen LogP contribution in [-0.2, 0) is 20.4 Å². The maximum absolute atomic E-state index is 12.3. The van der Waals surface area contributed by atoms with E-state index < -0.39 is 26.7 Å². The zero-order valence-electron chi connectivity index (χ0n) is 13.2. The van der Waals surface area contributed by atoms with Gasteiger partial charge in [-0.1, -0.05) is 24.2 Å².